The molecule has 0 bridgehead atoms. The summed E-state index contributed by atoms with van der Waals surface area (Å²) in [4.78, 5) is 26.5. The van der Waals surface area contributed by atoms with Crippen LogP contribution in [0.4, 0.5) is 4.79 Å². The van der Waals surface area contributed by atoms with Gasteiger partial charge in [0.15, 0.2) is 0 Å². The molecule has 2 aliphatic carbocycles. The highest BCUT2D eigenvalue weighted by Gasteiger charge is 2.58. The van der Waals surface area contributed by atoms with Gasteiger partial charge in [-0.3, -0.25) is 9.69 Å². The summed E-state index contributed by atoms with van der Waals surface area (Å²) in [5.74, 6) is -0.0920. The highest BCUT2D eigenvalue weighted by atomic mass is 16.2. The fraction of sp³-hybridized carbons (Fsp3) is 0.800. The minimum atomic E-state index is -0.785. The van der Waals surface area contributed by atoms with Gasteiger partial charge in [0.05, 0.1) is 6.07 Å². The van der Waals surface area contributed by atoms with Crippen molar-refractivity contribution < 1.29 is 9.59 Å². The average molecular weight is 290 g/mol. The molecule has 3 amide bonds. The first-order valence-electron chi connectivity index (χ1n) is 7.78. The number of urea groups is 1. The van der Waals surface area contributed by atoms with E-state index in [4.69, 9.17) is 11.0 Å². The Morgan fingerprint density at radius 1 is 1.33 bits per heavy atom. The first kappa shape index (κ1) is 14.3. The van der Waals surface area contributed by atoms with Crippen molar-refractivity contribution in [3.8, 4) is 6.07 Å². The Kier molecular flexibility index (Phi) is 3.40. The number of amides is 3. The van der Waals surface area contributed by atoms with Crippen LogP contribution in [0.1, 0.15) is 44.9 Å². The highest BCUT2D eigenvalue weighted by Crippen LogP contribution is 2.50. The monoisotopic (exact) mass is 290 g/mol. The van der Waals surface area contributed by atoms with Crippen LogP contribution in [0.15, 0.2) is 0 Å². The van der Waals surface area contributed by atoms with Gasteiger partial charge in [0.2, 0.25) is 0 Å². The Morgan fingerprint density at radius 2 is 2.10 bits per heavy atom. The summed E-state index contributed by atoms with van der Waals surface area (Å²) in [6, 6.07) is 1.87. The SMILES string of the molecule is N#CCC1(CN2C(=O)NC3(CCCCC3CN)C2=O)CC1. The number of carbonyl (C=O) groups excluding carboxylic acids is 2. The third-order valence-electron chi connectivity index (χ3n) is 5.46. The molecule has 3 rings (SSSR count). The zero-order chi connectivity index (χ0) is 15.1. The van der Waals surface area contributed by atoms with E-state index in [1.165, 1.54) is 4.90 Å². The second kappa shape index (κ2) is 4.99. The number of imide groups is 1. The summed E-state index contributed by atoms with van der Waals surface area (Å²) in [6.45, 7) is 0.799. The predicted molar refractivity (Wildman–Crippen MR) is 75.9 cm³/mol. The van der Waals surface area contributed by atoms with Crippen molar-refractivity contribution in [2.24, 2.45) is 17.1 Å². The van der Waals surface area contributed by atoms with Crippen LogP contribution in [-0.4, -0.2) is 35.5 Å². The molecule has 0 aromatic rings. The van der Waals surface area contributed by atoms with Crippen molar-refractivity contribution in [3.05, 3.63) is 0 Å². The number of nitrogens with two attached hydrogens (primary N) is 1. The molecule has 1 aliphatic heterocycles. The number of rotatable bonds is 4. The third-order valence-corrected chi connectivity index (χ3v) is 5.46. The molecule has 1 saturated heterocycles. The van der Waals surface area contributed by atoms with Gasteiger partial charge in [0.1, 0.15) is 5.54 Å². The van der Waals surface area contributed by atoms with E-state index in [-0.39, 0.29) is 23.3 Å². The smallest absolute Gasteiger partial charge is 0.325 e. The van der Waals surface area contributed by atoms with E-state index in [1.807, 2.05) is 0 Å². The van der Waals surface area contributed by atoms with Gasteiger partial charge >= 0.3 is 6.03 Å². The normalized spacial score (nSPS) is 33.9. The highest BCUT2D eigenvalue weighted by molar-refractivity contribution is 6.07. The standard InChI is InChI=1S/C15H22N4O2/c16-8-7-14(5-6-14)10-19-12(20)15(18-13(19)21)4-2-1-3-11(15)9-17/h11H,1-7,9-10,17H2,(H,18,21). The number of hydrogen-bond acceptors (Lipinski definition) is 4. The Bertz CT molecular complexity index is 508. The summed E-state index contributed by atoms with van der Waals surface area (Å²) < 4.78 is 0. The number of carbonyl (C=O) groups is 2. The van der Waals surface area contributed by atoms with Crippen LogP contribution in [0.3, 0.4) is 0 Å². The molecule has 2 saturated carbocycles. The van der Waals surface area contributed by atoms with E-state index in [0.717, 1.165) is 32.1 Å². The van der Waals surface area contributed by atoms with Crippen LogP contribution in [0, 0.1) is 22.7 Å². The summed E-state index contributed by atoms with van der Waals surface area (Å²) in [5, 5.41) is 11.8. The van der Waals surface area contributed by atoms with E-state index in [0.29, 0.717) is 25.9 Å². The lowest BCUT2D eigenvalue weighted by Crippen LogP contribution is -2.57. The second-order valence-electron chi connectivity index (χ2n) is 6.81. The molecule has 3 aliphatic rings. The Balaban J connectivity index is 1.80. The molecule has 1 heterocycles. The lowest BCUT2D eigenvalue weighted by Gasteiger charge is -2.38. The van der Waals surface area contributed by atoms with E-state index in [2.05, 4.69) is 11.4 Å². The summed E-state index contributed by atoms with van der Waals surface area (Å²) >= 11 is 0. The first-order chi connectivity index (χ1) is 10.1. The fourth-order valence-electron chi connectivity index (χ4n) is 3.87. The van der Waals surface area contributed by atoms with Gasteiger partial charge in [0, 0.05) is 24.3 Å². The maximum Gasteiger partial charge on any atom is 0.325 e. The molecule has 3 N–H and O–H groups in total. The van der Waals surface area contributed by atoms with E-state index in [9.17, 15) is 9.59 Å². The first-order valence-corrected chi connectivity index (χ1v) is 7.78. The summed E-state index contributed by atoms with van der Waals surface area (Å²) in [6.07, 6.45) is 5.83. The number of nitrogens with zero attached hydrogens (tertiary/aromatic N) is 2. The van der Waals surface area contributed by atoms with Crippen LogP contribution in [0.25, 0.3) is 0 Å². The molecule has 2 unspecified atom stereocenters. The lowest BCUT2D eigenvalue weighted by atomic mass is 9.72. The fourth-order valence-corrected chi connectivity index (χ4v) is 3.87. The quantitative estimate of drug-likeness (QED) is 0.758. The molecule has 6 nitrogen and oxygen atoms in total. The maximum absolute atomic E-state index is 12.9. The van der Waals surface area contributed by atoms with Gasteiger partial charge in [-0.15, -0.1) is 0 Å². The summed E-state index contributed by atoms with van der Waals surface area (Å²) in [7, 11) is 0. The second-order valence-corrected chi connectivity index (χ2v) is 6.81. The molecule has 114 valence electrons. The Hall–Kier alpha value is -1.61. The van der Waals surface area contributed by atoms with Gasteiger partial charge < -0.3 is 11.1 Å². The van der Waals surface area contributed by atoms with Crippen molar-refractivity contribution in [2.45, 2.75) is 50.5 Å². The van der Waals surface area contributed by atoms with Gasteiger partial charge in [0.25, 0.3) is 5.91 Å². The van der Waals surface area contributed by atoms with Gasteiger partial charge in [-0.2, -0.15) is 5.26 Å². The van der Waals surface area contributed by atoms with Crippen molar-refractivity contribution in [1.82, 2.24) is 10.2 Å². The van der Waals surface area contributed by atoms with Gasteiger partial charge in [-0.1, -0.05) is 12.8 Å². The Morgan fingerprint density at radius 3 is 2.71 bits per heavy atom. The van der Waals surface area contributed by atoms with Crippen molar-refractivity contribution in [1.29, 1.82) is 5.26 Å². The van der Waals surface area contributed by atoms with E-state index >= 15 is 0 Å². The van der Waals surface area contributed by atoms with Crippen LogP contribution in [0.2, 0.25) is 0 Å². The molecular formula is C15H22N4O2. The Labute approximate surface area is 124 Å². The number of nitrogens with one attached hydrogen (secondary N) is 1. The molecular weight excluding hydrogens is 268 g/mol. The van der Waals surface area contributed by atoms with E-state index in [1.54, 1.807) is 0 Å². The van der Waals surface area contributed by atoms with Crippen LogP contribution < -0.4 is 11.1 Å². The van der Waals surface area contributed by atoms with Crippen LogP contribution in [-0.2, 0) is 4.79 Å². The van der Waals surface area contributed by atoms with Crippen molar-refractivity contribution in [2.75, 3.05) is 13.1 Å². The molecule has 6 heteroatoms. The molecule has 0 aromatic carbocycles. The largest absolute Gasteiger partial charge is 0.330 e. The lowest BCUT2D eigenvalue weighted by molar-refractivity contribution is -0.135. The molecule has 0 aromatic heterocycles. The number of nitriles is 1. The van der Waals surface area contributed by atoms with Crippen molar-refractivity contribution in [3.63, 3.8) is 0 Å². The van der Waals surface area contributed by atoms with E-state index < -0.39 is 5.54 Å². The van der Waals surface area contributed by atoms with Crippen LogP contribution >= 0.6 is 0 Å². The maximum atomic E-state index is 12.9. The molecule has 2 atom stereocenters. The molecule has 0 radical (unpaired) electrons. The van der Waals surface area contributed by atoms with Crippen LogP contribution in [0.5, 0.6) is 0 Å². The molecule has 3 fully saturated rings. The minimum absolute atomic E-state index is 0.0267. The predicted octanol–water partition coefficient (Wildman–Crippen LogP) is 1.12. The molecule has 1 spiro atoms. The van der Waals surface area contributed by atoms with Gasteiger partial charge in [-0.25, -0.2) is 4.79 Å². The number of hydrogen-bond donors (Lipinski definition) is 2. The average Bonchev–Trinajstić information content (AvgIpc) is 3.20. The zero-order valence-corrected chi connectivity index (χ0v) is 12.2. The third kappa shape index (κ3) is 2.20. The van der Waals surface area contributed by atoms with Crippen molar-refractivity contribution >= 4 is 11.9 Å². The minimum Gasteiger partial charge on any atom is -0.330 e. The molecule has 21 heavy (non-hydrogen) atoms. The zero-order valence-electron chi connectivity index (χ0n) is 12.2. The van der Waals surface area contributed by atoms with Gasteiger partial charge in [-0.05, 0) is 32.2 Å². The summed E-state index contributed by atoms with van der Waals surface area (Å²) in [5.41, 5.74) is 4.90. The topological polar surface area (TPSA) is 99.2 Å².